The van der Waals surface area contributed by atoms with Crippen LogP contribution < -0.4 is 0 Å². The standard InChI is InChI=1S/C24H30O2S/c1-7-24(5,6)20-10-8-19-22(20)16(4)27-23(19)21(26)11-9-18-14(2)12-17(25)13-15(18)3/h7,12-13,20,25H,1,8-11H2,2-6H3/t20-/m1/s1. The third kappa shape index (κ3) is 3.62. The summed E-state index contributed by atoms with van der Waals surface area (Å²) in [6.07, 6.45) is 5.41. The van der Waals surface area contributed by atoms with Crippen LogP contribution in [0.5, 0.6) is 5.75 Å². The van der Waals surface area contributed by atoms with E-state index >= 15 is 0 Å². The number of rotatable bonds is 6. The fraction of sp³-hybridized carbons (Fsp3) is 0.458. The van der Waals surface area contributed by atoms with Gasteiger partial charge in [-0.15, -0.1) is 17.9 Å². The number of thiophene rings is 1. The highest BCUT2D eigenvalue weighted by atomic mass is 32.1. The predicted molar refractivity (Wildman–Crippen MR) is 114 cm³/mol. The summed E-state index contributed by atoms with van der Waals surface area (Å²) in [5, 5.41) is 9.72. The van der Waals surface area contributed by atoms with E-state index in [0.717, 1.165) is 35.3 Å². The van der Waals surface area contributed by atoms with E-state index in [1.807, 2.05) is 13.8 Å². The molecule has 2 nitrogen and oxygen atoms in total. The molecule has 0 spiro atoms. The lowest BCUT2D eigenvalue weighted by Gasteiger charge is -2.28. The molecule has 1 aliphatic rings. The summed E-state index contributed by atoms with van der Waals surface area (Å²) in [5.41, 5.74) is 6.04. The lowest BCUT2D eigenvalue weighted by molar-refractivity contribution is 0.0986. The first-order valence-electron chi connectivity index (χ1n) is 9.73. The second kappa shape index (κ2) is 7.27. The summed E-state index contributed by atoms with van der Waals surface area (Å²) in [4.78, 5) is 15.3. The number of carbonyl (C=O) groups is 1. The van der Waals surface area contributed by atoms with Gasteiger partial charge in [0.2, 0.25) is 0 Å². The number of carbonyl (C=O) groups excluding carboxylic acids is 1. The molecule has 3 heteroatoms. The van der Waals surface area contributed by atoms with Crippen molar-refractivity contribution in [3.8, 4) is 5.75 Å². The molecule has 3 rings (SSSR count). The normalized spacial score (nSPS) is 16.4. The van der Waals surface area contributed by atoms with Crippen LogP contribution in [0.15, 0.2) is 24.8 Å². The van der Waals surface area contributed by atoms with Gasteiger partial charge in [0.25, 0.3) is 0 Å². The lowest BCUT2D eigenvalue weighted by atomic mass is 9.76. The van der Waals surface area contributed by atoms with E-state index < -0.39 is 0 Å². The van der Waals surface area contributed by atoms with E-state index in [0.29, 0.717) is 18.1 Å². The molecular formula is C24H30O2S. The van der Waals surface area contributed by atoms with Crippen LogP contribution in [0.4, 0.5) is 0 Å². The smallest absolute Gasteiger partial charge is 0.173 e. The van der Waals surface area contributed by atoms with Gasteiger partial charge in [0.1, 0.15) is 5.75 Å². The summed E-state index contributed by atoms with van der Waals surface area (Å²) in [6.45, 7) is 14.7. The van der Waals surface area contributed by atoms with Crippen molar-refractivity contribution < 1.29 is 9.90 Å². The third-order valence-corrected chi connectivity index (χ3v) is 7.43. The fourth-order valence-electron chi connectivity index (χ4n) is 4.57. The van der Waals surface area contributed by atoms with Gasteiger partial charge in [-0.1, -0.05) is 19.9 Å². The maximum absolute atomic E-state index is 13.0. The Morgan fingerprint density at radius 1 is 1.30 bits per heavy atom. The van der Waals surface area contributed by atoms with E-state index in [1.54, 1.807) is 23.5 Å². The van der Waals surface area contributed by atoms with Crippen LogP contribution in [0, 0.1) is 26.2 Å². The van der Waals surface area contributed by atoms with Gasteiger partial charge in [0.05, 0.1) is 4.88 Å². The van der Waals surface area contributed by atoms with Gasteiger partial charge < -0.3 is 5.11 Å². The summed E-state index contributed by atoms with van der Waals surface area (Å²) in [7, 11) is 0. The number of hydrogen-bond acceptors (Lipinski definition) is 3. The first kappa shape index (κ1) is 19.9. The van der Waals surface area contributed by atoms with Gasteiger partial charge in [0.15, 0.2) is 5.78 Å². The molecule has 1 N–H and O–H groups in total. The molecule has 0 saturated carbocycles. The number of aryl methyl sites for hydroxylation is 3. The molecule has 1 heterocycles. The molecule has 0 amide bonds. The Bertz CT molecular complexity index is 878. The van der Waals surface area contributed by atoms with E-state index in [1.165, 1.54) is 21.6 Å². The minimum absolute atomic E-state index is 0.0532. The van der Waals surface area contributed by atoms with Crippen LogP contribution >= 0.6 is 11.3 Å². The molecule has 0 aliphatic heterocycles. The van der Waals surface area contributed by atoms with Crippen molar-refractivity contribution in [1.29, 1.82) is 0 Å². The Labute approximate surface area is 166 Å². The largest absolute Gasteiger partial charge is 0.508 e. The number of benzene rings is 1. The van der Waals surface area contributed by atoms with E-state index in [4.69, 9.17) is 0 Å². The Hall–Kier alpha value is -1.87. The van der Waals surface area contributed by atoms with Gasteiger partial charge in [-0.05, 0) is 91.3 Å². The van der Waals surface area contributed by atoms with Gasteiger partial charge in [-0.3, -0.25) is 4.79 Å². The lowest BCUT2D eigenvalue weighted by Crippen LogP contribution is -2.17. The average molecular weight is 383 g/mol. The van der Waals surface area contributed by atoms with Crippen molar-refractivity contribution in [3.05, 3.63) is 62.4 Å². The molecule has 2 aromatic rings. The Morgan fingerprint density at radius 2 is 1.93 bits per heavy atom. The second-order valence-corrected chi connectivity index (χ2v) is 9.70. The van der Waals surface area contributed by atoms with Crippen molar-refractivity contribution in [2.24, 2.45) is 5.41 Å². The van der Waals surface area contributed by atoms with E-state index in [9.17, 15) is 9.90 Å². The number of fused-ring (bicyclic) bond motifs is 1. The van der Waals surface area contributed by atoms with Crippen LogP contribution in [0.3, 0.4) is 0 Å². The van der Waals surface area contributed by atoms with Crippen LogP contribution in [0.2, 0.25) is 0 Å². The summed E-state index contributed by atoms with van der Waals surface area (Å²) >= 11 is 1.68. The molecule has 1 aromatic heterocycles. The van der Waals surface area contributed by atoms with Crippen LogP contribution in [0.1, 0.15) is 75.0 Å². The van der Waals surface area contributed by atoms with Gasteiger partial charge in [-0.25, -0.2) is 0 Å². The topological polar surface area (TPSA) is 37.3 Å². The number of hydrogen-bond donors (Lipinski definition) is 1. The zero-order chi connectivity index (χ0) is 19.9. The van der Waals surface area contributed by atoms with Crippen LogP contribution in [-0.4, -0.2) is 10.9 Å². The molecule has 1 aromatic carbocycles. The van der Waals surface area contributed by atoms with Crippen molar-refractivity contribution >= 4 is 17.1 Å². The van der Waals surface area contributed by atoms with Crippen LogP contribution in [0.25, 0.3) is 0 Å². The van der Waals surface area contributed by atoms with E-state index in [-0.39, 0.29) is 11.2 Å². The molecule has 0 fully saturated rings. The summed E-state index contributed by atoms with van der Waals surface area (Å²) in [6, 6.07) is 3.56. The second-order valence-electron chi connectivity index (χ2n) is 8.48. The molecule has 0 radical (unpaired) electrons. The monoisotopic (exact) mass is 382 g/mol. The van der Waals surface area contributed by atoms with E-state index in [2.05, 4.69) is 33.4 Å². The average Bonchev–Trinajstić information content (AvgIpc) is 3.15. The first-order valence-corrected chi connectivity index (χ1v) is 10.6. The number of aromatic hydroxyl groups is 1. The zero-order valence-electron chi connectivity index (χ0n) is 17.1. The molecule has 0 unspecified atom stereocenters. The fourth-order valence-corrected chi connectivity index (χ4v) is 5.80. The van der Waals surface area contributed by atoms with Crippen molar-refractivity contribution in [2.45, 2.75) is 66.2 Å². The number of allylic oxidation sites excluding steroid dienone is 1. The van der Waals surface area contributed by atoms with Gasteiger partial charge in [0, 0.05) is 11.3 Å². The third-order valence-electron chi connectivity index (χ3n) is 6.23. The zero-order valence-corrected chi connectivity index (χ0v) is 17.9. The number of phenols is 1. The molecule has 0 bridgehead atoms. The quantitative estimate of drug-likeness (QED) is 0.461. The number of phenolic OH excluding ortho intramolecular Hbond substituents is 1. The minimum atomic E-state index is 0.0532. The summed E-state index contributed by atoms with van der Waals surface area (Å²) < 4.78 is 0. The molecule has 144 valence electrons. The predicted octanol–water partition coefficient (Wildman–Crippen LogP) is 6.44. The minimum Gasteiger partial charge on any atom is -0.508 e. The van der Waals surface area contributed by atoms with Crippen molar-refractivity contribution in [3.63, 3.8) is 0 Å². The van der Waals surface area contributed by atoms with Crippen LogP contribution in [-0.2, 0) is 12.8 Å². The summed E-state index contributed by atoms with van der Waals surface area (Å²) in [5.74, 6) is 1.01. The maximum Gasteiger partial charge on any atom is 0.173 e. The van der Waals surface area contributed by atoms with Crippen molar-refractivity contribution in [2.75, 3.05) is 0 Å². The molecule has 1 aliphatic carbocycles. The molecular weight excluding hydrogens is 352 g/mol. The van der Waals surface area contributed by atoms with Gasteiger partial charge in [-0.2, -0.15) is 0 Å². The Morgan fingerprint density at radius 3 is 2.52 bits per heavy atom. The Balaban J connectivity index is 1.83. The highest BCUT2D eigenvalue weighted by Crippen LogP contribution is 2.50. The molecule has 1 atom stereocenters. The number of ketones is 1. The maximum atomic E-state index is 13.0. The van der Waals surface area contributed by atoms with Gasteiger partial charge >= 0.3 is 0 Å². The SMILES string of the molecule is C=CC(C)(C)[C@@H]1CCc2c(C(=O)CCc3c(C)cc(O)cc3C)sc(C)c21. The molecule has 27 heavy (non-hydrogen) atoms. The van der Waals surface area contributed by atoms with Crippen molar-refractivity contribution in [1.82, 2.24) is 0 Å². The Kier molecular flexibility index (Phi) is 5.36. The first-order chi connectivity index (χ1) is 12.7. The molecule has 0 saturated heterocycles. The highest BCUT2D eigenvalue weighted by molar-refractivity contribution is 7.14. The number of Topliss-reactive ketones (excluding diaryl/α,β-unsaturated/α-hetero) is 1. The highest BCUT2D eigenvalue weighted by Gasteiger charge is 2.38.